The number of hydrogen-bond donors (Lipinski definition) is 0. The van der Waals surface area contributed by atoms with Gasteiger partial charge in [-0.3, -0.25) is 14.0 Å². The highest BCUT2D eigenvalue weighted by molar-refractivity contribution is 7.16. The van der Waals surface area contributed by atoms with Crippen LogP contribution in [0.2, 0.25) is 0 Å². The van der Waals surface area contributed by atoms with E-state index in [1.807, 2.05) is 26.8 Å². The average molecular weight is 372 g/mol. The molecule has 1 fully saturated rings. The summed E-state index contributed by atoms with van der Waals surface area (Å²) in [5.74, 6) is 1.36. The Labute approximate surface area is 156 Å². The van der Waals surface area contributed by atoms with Gasteiger partial charge in [0, 0.05) is 24.9 Å². The van der Waals surface area contributed by atoms with Crippen molar-refractivity contribution in [3.8, 4) is 0 Å². The van der Waals surface area contributed by atoms with E-state index in [4.69, 9.17) is 0 Å². The molecule has 3 aromatic heterocycles. The minimum atomic E-state index is -0.188. The van der Waals surface area contributed by atoms with Crippen LogP contribution in [0.15, 0.2) is 22.3 Å². The average Bonchev–Trinajstić information content (AvgIpc) is 3.20. The third-order valence-corrected chi connectivity index (χ3v) is 6.04. The van der Waals surface area contributed by atoms with Crippen LogP contribution in [0.4, 0.5) is 0 Å². The van der Waals surface area contributed by atoms with Gasteiger partial charge in [0.25, 0.3) is 5.56 Å². The molecule has 7 heteroatoms. The molecule has 0 bridgehead atoms. The molecule has 1 saturated heterocycles. The Morgan fingerprint density at radius 1 is 1.42 bits per heavy atom. The largest absolute Gasteiger partial charge is 0.341 e. The Hall–Kier alpha value is -2.15. The number of hydrogen-bond acceptors (Lipinski definition) is 4. The first-order chi connectivity index (χ1) is 12.6. The predicted molar refractivity (Wildman–Crippen MR) is 104 cm³/mol. The fraction of sp³-hybridized carbons (Fsp3) is 0.526. The number of nitrogens with zero attached hydrogens (tertiary/aromatic N) is 4. The lowest BCUT2D eigenvalue weighted by molar-refractivity contribution is -0.133. The van der Waals surface area contributed by atoms with Gasteiger partial charge >= 0.3 is 0 Å². The summed E-state index contributed by atoms with van der Waals surface area (Å²) in [6.07, 6.45) is 3.90. The van der Waals surface area contributed by atoms with Crippen molar-refractivity contribution in [2.24, 2.45) is 5.92 Å². The smallest absolute Gasteiger partial charge is 0.291 e. The molecule has 26 heavy (non-hydrogen) atoms. The lowest BCUT2D eigenvalue weighted by Gasteiger charge is -2.31. The zero-order chi connectivity index (χ0) is 18.3. The van der Waals surface area contributed by atoms with E-state index in [1.165, 1.54) is 4.68 Å². The molecular weight excluding hydrogens is 348 g/mol. The van der Waals surface area contributed by atoms with Crippen molar-refractivity contribution in [2.45, 2.75) is 46.1 Å². The van der Waals surface area contributed by atoms with Crippen LogP contribution in [0, 0.1) is 5.92 Å². The topological polar surface area (TPSA) is 59.6 Å². The Morgan fingerprint density at radius 3 is 3.04 bits per heavy atom. The third-order valence-electron chi connectivity index (χ3n) is 5.13. The minimum absolute atomic E-state index is 0.00804. The van der Waals surface area contributed by atoms with E-state index in [0.29, 0.717) is 11.4 Å². The fourth-order valence-corrected chi connectivity index (χ4v) is 4.75. The van der Waals surface area contributed by atoms with E-state index < -0.39 is 0 Å². The van der Waals surface area contributed by atoms with E-state index in [-0.39, 0.29) is 18.0 Å². The van der Waals surface area contributed by atoms with Gasteiger partial charge in [0.05, 0.1) is 0 Å². The number of carbonyl (C=O) groups is 1. The maximum absolute atomic E-state index is 12.9. The van der Waals surface area contributed by atoms with Gasteiger partial charge < -0.3 is 4.90 Å². The summed E-state index contributed by atoms with van der Waals surface area (Å²) in [5, 5.41) is 7.66. The quantitative estimate of drug-likeness (QED) is 0.707. The summed E-state index contributed by atoms with van der Waals surface area (Å²) >= 11 is 1.61. The molecule has 1 aliphatic heterocycles. The van der Waals surface area contributed by atoms with E-state index in [2.05, 4.69) is 18.9 Å². The summed E-state index contributed by atoms with van der Waals surface area (Å²) in [6, 6.07) is 3.94. The Morgan fingerprint density at radius 2 is 2.27 bits per heavy atom. The zero-order valence-corrected chi connectivity index (χ0v) is 16.1. The van der Waals surface area contributed by atoms with Gasteiger partial charge in [-0.1, -0.05) is 13.8 Å². The Bertz CT molecular complexity index is 1020. The first kappa shape index (κ1) is 17.3. The van der Waals surface area contributed by atoms with Crippen molar-refractivity contribution in [1.82, 2.24) is 19.1 Å². The van der Waals surface area contributed by atoms with Crippen LogP contribution >= 0.6 is 11.3 Å². The Kier molecular flexibility index (Phi) is 4.56. The summed E-state index contributed by atoms with van der Waals surface area (Å²) in [5.41, 5.74) is 0.428. The van der Waals surface area contributed by atoms with E-state index >= 15 is 0 Å². The predicted octanol–water partition coefficient (Wildman–Crippen LogP) is 2.92. The van der Waals surface area contributed by atoms with Crippen molar-refractivity contribution in [1.29, 1.82) is 0 Å². The van der Waals surface area contributed by atoms with Gasteiger partial charge in [0.15, 0.2) is 0 Å². The van der Waals surface area contributed by atoms with Gasteiger partial charge in [-0.25, -0.2) is 4.68 Å². The first-order valence-electron chi connectivity index (χ1n) is 9.35. The number of rotatable bonds is 4. The molecule has 0 unspecified atom stereocenters. The second-order valence-corrected chi connectivity index (χ2v) is 8.16. The molecule has 1 aliphatic rings. The summed E-state index contributed by atoms with van der Waals surface area (Å²) in [7, 11) is 0. The SMILES string of the molecule is CCCc1nn(CC(=O)N2CCC[C@@H](C)C2)c(=O)c2cc3ccsc3n12. The molecule has 4 rings (SSSR count). The number of thiophene rings is 1. The summed E-state index contributed by atoms with van der Waals surface area (Å²) in [4.78, 5) is 28.6. The van der Waals surface area contributed by atoms with E-state index in [0.717, 1.165) is 54.8 Å². The Balaban J connectivity index is 1.74. The van der Waals surface area contributed by atoms with Crippen LogP contribution in [-0.4, -0.2) is 38.1 Å². The highest BCUT2D eigenvalue weighted by Gasteiger charge is 2.23. The minimum Gasteiger partial charge on any atom is -0.341 e. The van der Waals surface area contributed by atoms with Crippen molar-refractivity contribution < 1.29 is 4.79 Å². The fourth-order valence-electron chi connectivity index (χ4n) is 3.84. The monoisotopic (exact) mass is 372 g/mol. The molecule has 0 aliphatic carbocycles. The third kappa shape index (κ3) is 2.94. The van der Waals surface area contributed by atoms with Crippen LogP contribution < -0.4 is 5.56 Å². The van der Waals surface area contributed by atoms with E-state index in [1.54, 1.807) is 11.3 Å². The lowest BCUT2D eigenvalue weighted by Crippen LogP contribution is -2.43. The number of piperidine rings is 1. The molecule has 0 aromatic carbocycles. The lowest BCUT2D eigenvalue weighted by atomic mass is 10.0. The van der Waals surface area contributed by atoms with Crippen molar-refractivity contribution in [3.63, 3.8) is 0 Å². The van der Waals surface area contributed by atoms with E-state index in [9.17, 15) is 9.59 Å². The molecule has 0 radical (unpaired) electrons. The van der Waals surface area contributed by atoms with Crippen LogP contribution in [0.5, 0.6) is 0 Å². The molecule has 0 N–H and O–H groups in total. The number of aromatic nitrogens is 3. The summed E-state index contributed by atoms with van der Waals surface area (Å²) in [6.45, 7) is 5.85. The number of aryl methyl sites for hydroxylation is 1. The maximum atomic E-state index is 12.9. The second-order valence-electron chi connectivity index (χ2n) is 7.26. The molecule has 4 heterocycles. The van der Waals surface area contributed by atoms with Gasteiger partial charge in [-0.05, 0) is 42.7 Å². The second kappa shape index (κ2) is 6.87. The maximum Gasteiger partial charge on any atom is 0.291 e. The van der Waals surface area contributed by atoms with Crippen molar-refractivity contribution >= 4 is 33.0 Å². The van der Waals surface area contributed by atoms with Crippen LogP contribution in [0.1, 0.15) is 38.9 Å². The van der Waals surface area contributed by atoms with Gasteiger partial charge in [0.1, 0.15) is 22.7 Å². The van der Waals surface area contributed by atoms with Crippen LogP contribution in [0.25, 0.3) is 15.7 Å². The number of carbonyl (C=O) groups excluding carboxylic acids is 1. The molecule has 3 aromatic rings. The van der Waals surface area contributed by atoms with Crippen molar-refractivity contribution in [3.05, 3.63) is 33.7 Å². The van der Waals surface area contributed by atoms with Gasteiger partial charge in [-0.2, -0.15) is 5.10 Å². The highest BCUT2D eigenvalue weighted by Crippen LogP contribution is 2.25. The zero-order valence-electron chi connectivity index (χ0n) is 15.3. The molecular formula is C19H24N4O2S. The number of fused-ring (bicyclic) bond motifs is 3. The highest BCUT2D eigenvalue weighted by atomic mass is 32.1. The first-order valence-corrected chi connectivity index (χ1v) is 10.2. The normalized spacial score (nSPS) is 18.1. The standard InChI is InChI=1S/C19H24N4O2S/c1-3-5-16-20-22(12-17(24)21-8-4-6-13(2)11-21)18(25)15-10-14-7-9-26-19(14)23(15)16/h7,9-10,13H,3-6,8,11-12H2,1-2H3/t13-/m1/s1. The molecule has 0 saturated carbocycles. The molecule has 1 atom stereocenters. The van der Waals surface area contributed by atoms with Crippen LogP contribution in [0.3, 0.4) is 0 Å². The number of amides is 1. The number of likely N-dealkylation sites (tertiary alicyclic amines) is 1. The van der Waals surface area contributed by atoms with Crippen molar-refractivity contribution in [2.75, 3.05) is 13.1 Å². The van der Waals surface area contributed by atoms with Crippen LogP contribution in [-0.2, 0) is 17.8 Å². The molecule has 138 valence electrons. The van der Waals surface area contributed by atoms with Gasteiger partial charge in [0.2, 0.25) is 5.91 Å². The molecule has 6 nitrogen and oxygen atoms in total. The molecule has 0 spiro atoms. The van der Waals surface area contributed by atoms with Gasteiger partial charge in [-0.15, -0.1) is 11.3 Å². The molecule has 1 amide bonds. The summed E-state index contributed by atoms with van der Waals surface area (Å²) < 4.78 is 3.33.